The highest BCUT2D eigenvalue weighted by molar-refractivity contribution is 7.92. The lowest BCUT2D eigenvalue weighted by Gasteiger charge is -2.34. The fourth-order valence-corrected chi connectivity index (χ4v) is 6.44. The molecule has 0 bridgehead atoms. The number of rotatable bonds is 13. The number of aryl methyl sites for hydroxylation is 1. The number of carbonyl (C=O) groups excluding carboxylic acids is 2. The number of hydrogen-bond acceptors (Lipinski definition) is 4. The fourth-order valence-electron chi connectivity index (χ4n) is 4.70. The van der Waals surface area contributed by atoms with Gasteiger partial charge in [0.2, 0.25) is 11.8 Å². The van der Waals surface area contributed by atoms with Crippen molar-refractivity contribution >= 4 is 50.7 Å². The highest BCUT2D eigenvalue weighted by atomic mass is 35.5. The second-order valence-corrected chi connectivity index (χ2v) is 13.1. The van der Waals surface area contributed by atoms with Gasteiger partial charge in [0.1, 0.15) is 12.6 Å². The number of sulfonamides is 1. The molecule has 0 aliphatic carbocycles. The van der Waals surface area contributed by atoms with Crippen LogP contribution < -0.4 is 9.62 Å². The molecule has 4 rings (SSSR count). The van der Waals surface area contributed by atoms with Gasteiger partial charge in [-0.15, -0.1) is 0 Å². The van der Waals surface area contributed by atoms with Crippen molar-refractivity contribution in [3.63, 3.8) is 0 Å². The molecule has 0 heterocycles. The highest BCUT2D eigenvalue weighted by Gasteiger charge is 2.34. The molecule has 0 radical (unpaired) electrons. The van der Waals surface area contributed by atoms with Crippen LogP contribution in [0.4, 0.5) is 5.69 Å². The van der Waals surface area contributed by atoms with Crippen molar-refractivity contribution in [2.24, 2.45) is 0 Å². The van der Waals surface area contributed by atoms with Crippen LogP contribution in [0, 0.1) is 6.92 Å². The second-order valence-electron chi connectivity index (χ2n) is 10.4. The summed E-state index contributed by atoms with van der Waals surface area (Å²) in [6.45, 7) is 3.71. The summed E-state index contributed by atoms with van der Waals surface area (Å²) in [6.07, 6.45) is 0.934. The Morgan fingerprint density at radius 3 is 2.11 bits per heavy atom. The van der Waals surface area contributed by atoms with E-state index in [4.69, 9.17) is 23.2 Å². The molecular weight excluding hydrogens is 617 g/mol. The zero-order valence-corrected chi connectivity index (χ0v) is 26.9. The molecule has 1 N–H and O–H groups in total. The summed E-state index contributed by atoms with van der Waals surface area (Å²) in [7, 11) is -4.21. The average Bonchev–Trinajstić information content (AvgIpc) is 3.02. The number of benzene rings is 4. The van der Waals surface area contributed by atoms with Crippen molar-refractivity contribution in [2.45, 2.75) is 44.2 Å². The van der Waals surface area contributed by atoms with E-state index < -0.39 is 28.5 Å². The molecule has 0 fully saturated rings. The smallest absolute Gasteiger partial charge is 0.264 e. The molecule has 1 atom stereocenters. The van der Waals surface area contributed by atoms with Crippen LogP contribution >= 0.6 is 23.2 Å². The molecule has 0 spiro atoms. The number of halogens is 2. The first-order chi connectivity index (χ1) is 21.1. The molecule has 44 heavy (non-hydrogen) atoms. The third kappa shape index (κ3) is 8.40. The summed E-state index contributed by atoms with van der Waals surface area (Å²) in [6, 6.07) is 28.2. The van der Waals surface area contributed by atoms with Gasteiger partial charge in [-0.1, -0.05) is 96.4 Å². The van der Waals surface area contributed by atoms with Crippen LogP contribution in [0.25, 0.3) is 0 Å². The van der Waals surface area contributed by atoms with E-state index in [0.29, 0.717) is 34.3 Å². The Bertz CT molecular complexity index is 1670. The quantitative estimate of drug-likeness (QED) is 0.175. The van der Waals surface area contributed by atoms with Crippen LogP contribution in [-0.2, 0) is 32.6 Å². The molecule has 4 aromatic carbocycles. The summed E-state index contributed by atoms with van der Waals surface area (Å²) in [5, 5.41) is 3.75. The minimum atomic E-state index is -4.21. The zero-order valence-electron chi connectivity index (χ0n) is 24.6. The van der Waals surface area contributed by atoms with Crippen LogP contribution in [0.15, 0.2) is 108 Å². The Morgan fingerprint density at radius 1 is 0.841 bits per heavy atom. The standard InChI is InChI=1S/C34H35Cl2N3O4S/c1-3-21-37-34(41)32(22-26-9-5-4-6-10-26)38(23-27-11-7-8-12-31(27)36)33(40)24-39(29-17-13-25(2)14-18-29)44(42,43)30-19-15-28(35)16-20-30/h4-20,32H,3,21-24H2,1-2H3,(H,37,41). The molecule has 2 amide bonds. The maximum Gasteiger partial charge on any atom is 0.264 e. The maximum absolute atomic E-state index is 14.4. The van der Waals surface area contributed by atoms with Crippen molar-refractivity contribution in [1.29, 1.82) is 0 Å². The first-order valence-corrected chi connectivity index (χ1v) is 16.5. The predicted molar refractivity (Wildman–Crippen MR) is 176 cm³/mol. The molecule has 10 heteroatoms. The molecule has 4 aromatic rings. The third-order valence-corrected chi connectivity index (χ3v) is 9.53. The number of carbonyl (C=O) groups is 2. The molecular formula is C34H35Cl2N3O4S. The summed E-state index contributed by atoms with van der Waals surface area (Å²) in [5.74, 6) is -0.894. The van der Waals surface area contributed by atoms with Crippen LogP contribution in [0.1, 0.15) is 30.0 Å². The van der Waals surface area contributed by atoms with E-state index in [0.717, 1.165) is 15.4 Å². The number of nitrogens with one attached hydrogen (secondary N) is 1. The first-order valence-electron chi connectivity index (χ1n) is 14.3. The van der Waals surface area contributed by atoms with Gasteiger partial charge in [-0.3, -0.25) is 13.9 Å². The minimum Gasteiger partial charge on any atom is -0.354 e. The van der Waals surface area contributed by atoms with Gasteiger partial charge in [0.15, 0.2) is 0 Å². The molecule has 0 saturated heterocycles. The van der Waals surface area contributed by atoms with Gasteiger partial charge in [0.05, 0.1) is 10.6 Å². The zero-order chi connectivity index (χ0) is 31.7. The van der Waals surface area contributed by atoms with E-state index >= 15 is 0 Å². The number of hydrogen-bond donors (Lipinski definition) is 1. The third-order valence-electron chi connectivity index (χ3n) is 7.12. The molecule has 1 unspecified atom stereocenters. The van der Waals surface area contributed by atoms with Crippen molar-refractivity contribution in [1.82, 2.24) is 10.2 Å². The van der Waals surface area contributed by atoms with Gasteiger partial charge < -0.3 is 10.2 Å². The normalized spacial score (nSPS) is 11.9. The Labute approximate surface area is 269 Å². The van der Waals surface area contributed by atoms with Crippen LogP contribution in [0.2, 0.25) is 10.0 Å². The monoisotopic (exact) mass is 651 g/mol. The number of nitrogens with zero attached hydrogens (tertiary/aromatic N) is 2. The number of amides is 2. The van der Waals surface area contributed by atoms with Gasteiger partial charge in [0, 0.05) is 29.6 Å². The van der Waals surface area contributed by atoms with Crippen molar-refractivity contribution in [3.05, 3.63) is 130 Å². The van der Waals surface area contributed by atoms with Gasteiger partial charge in [-0.05, 0) is 66.9 Å². The lowest BCUT2D eigenvalue weighted by Crippen LogP contribution is -2.53. The SMILES string of the molecule is CCCNC(=O)C(Cc1ccccc1)N(Cc1ccccc1Cl)C(=O)CN(c1ccc(C)cc1)S(=O)(=O)c1ccc(Cl)cc1. The lowest BCUT2D eigenvalue weighted by atomic mass is 10.0. The van der Waals surface area contributed by atoms with Gasteiger partial charge >= 0.3 is 0 Å². The second kappa shape index (κ2) is 15.2. The van der Waals surface area contributed by atoms with E-state index in [1.54, 1.807) is 48.5 Å². The molecule has 0 aliphatic rings. The van der Waals surface area contributed by atoms with Gasteiger partial charge in [-0.2, -0.15) is 0 Å². The van der Waals surface area contributed by atoms with E-state index in [-0.39, 0.29) is 23.8 Å². The van der Waals surface area contributed by atoms with Gasteiger partial charge in [-0.25, -0.2) is 8.42 Å². The van der Waals surface area contributed by atoms with E-state index in [1.165, 1.54) is 29.2 Å². The molecule has 0 aliphatic heterocycles. The minimum absolute atomic E-state index is 0.00170. The Morgan fingerprint density at radius 2 is 1.48 bits per heavy atom. The van der Waals surface area contributed by atoms with Crippen molar-refractivity contribution < 1.29 is 18.0 Å². The molecule has 0 saturated carbocycles. The summed E-state index contributed by atoms with van der Waals surface area (Å²) >= 11 is 12.6. The van der Waals surface area contributed by atoms with E-state index in [2.05, 4.69) is 5.32 Å². The molecule has 7 nitrogen and oxygen atoms in total. The number of anilines is 1. The van der Waals surface area contributed by atoms with E-state index in [9.17, 15) is 18.0 Å². The largest absolute Gasteiger partial charge is 0.354 e. The highest BCUT2D eigenvalue weighted by Crippen LogP contribution is 2.27. The summed E-state index contributed by atoms with van der Waals surface area (Å²) < 4.78 is 29.2. The van der Waals surface area contributed by atoms with E-state index in [1.807, 2.05) is 44.2 Å². The predicted octanol–water partition coefficient (Wildman–Crippen LogP) is 6.66. The fraction of sp³-hybridized carbons (Fsp3) is 0.235. The van der Waals surface area contributed by atoms with Crippen molar-refractivity contribution in [2.75, 3.05) is 17.4 Å². The lowest BCUT2D eigenvalue weighted by molar-refractivity contribution is -0.140. The van der Waals surface area contributed by atoms with Crippen LogP contribution in [0.5, 0.6) is 0 Å². The first kappa shape index (κ1) is 33.1. The molecule has 0 aromatic heterocycles. The van der Waals surface area contributed by atoms with Crippen LogP contribution in [-0.4, -0.2) is 44.3 Å². The van der Waals surface area contributed by atoms with Crippen LogP contribution in [0.3, 0.4) is 0 Å². The maximum atomic E-state index is 14.4. The topological polar surface area (TPSA) is 86.8 Å². The Kier molecular flexibility index (Phi) is 11.4. The van der Waals surface area contributed by atoms with Crippen molar-refractivity contribution in [3.8, 4) is 0 Å². The summed E-state index contributed by atoms with van der Waals surface area (Å²) in [5.41, 5.74) is 2.73. The Balaban J connectivity index is 1.80. The van der Waals surface area contributed by atoms with Gasteiger partial charge in [0.25, 0.3) is 10.0 Å². The molecule has 230 valence electrons. The average molecular weight is 653 g/mol. The Hall–Kier alpha value is -3.85. The summed E-state index contributed by atoms with van der Waals surface area (Å²) in [4.78, 5) is 29.5.